The number of nitrogens with zero attached hydrogens (tertiary/aromatic N) is 4. The van der Waals surface area contributed by atoms with Crippen LogP contribution in [0.25, 0.3) is 0 Å². The molecule has 0 aliphatic carbocycles. The van der Waals surface area contributed by atoms with Gasteiger partial charge in [0, 0.05) is 63.1 Å². The number of hydrogen-bond donors (Lipinski definition) is 1. The fourth-order valence-corrected chi connectivity index (χ4v) is 3.34. The van der Waals surface area contributed by atoms with Crippen LogP contribution in [0.4, 0.5) is 0 Å². The smallest absolute Gasteiger partial charge is 0.253 e. The molecule has 0 unspecified atom stereocenters. The van der Waals surface area contributed by atoms with E-state index in [4.69, 9.17) is 5.73 Å². The molecule has 1 fully saturated rings. The average Bonchev–Trinajstić information content (AvgIpc) is 2.88. The first-order valence-corrected chi connectivity index (χ1v) is 8.79. The zero-order valence-electron chi connectivity index (χ0n) is 15.7. The normalized spacial score (nSPS) is 15.0. The highest BCUT2D eigenvalue weighted by atomic mass is 35.5. The first-order chi connectivity index (χ1) is 12.0. The second-order valence-corrected chi connectivity index (χ2v) is 6.74. The number of aryl methyl sites for hydroxylation is 2. The summed E-state index contributed by atoms with van der Waals surface area (Å²) < 4.78 is 1.94. The lowest BCUT2D eigenvalue weighted by atomic mass is 10.1. The molecule has 1 aliphatic rings. The summed E-state index contributed by atoms with van der Waals surface area (Å²) in [5.41, 5.74) is 11.0. The fourth-order valence-electron chi connectivity index (χ4n) is 3.34. The van der Waals surface area contributed by atoms with Crippen LogP contribution in [0.1, 0.15) is 32.9 Å². The molecule has 0 radical (unpaired) electrons. The summed E-state index contributed by atoms with van der Waals surface area (Å²) in [5, 5.41) is 4.49. The predicted molar refractivity (Wildman–Crippen MR) is 105 cm³/mol. The Morgan fingerprint density at radius 2 is 1.73 bits per heavy atom. The van der Waals surface area contributed by atoms with E-state index in [0.29, 0.717) is 6.54 Å². The highest BCUT2D eigenvalue weighted by Crippen LogP contribution is 2.17. The van der Waals surface area contributed by atoms with E-state index in [9.17, 15) is 4.79 Å². The number of amides is 1. The zero-order chi connectivity index (χ0) is 18.0. The summed E-state index contributed by atoms with van der Waals surface area (Å²) in [4.78, 5) is 17.0. The minimum absolute atomic E-state index is 0. The Kier molecular flexibility index (Phi) is 6.81. The Morgan fingerprint density at radius 3 is 2.23 bits per heavy atom. The van der Waals surface area contributed by atoms with Crippen molar-refractivity contribution in [2.24, 2.45) is 12.8 Å². The van der Waals surface area contributed by atoms with Crippen LogP contribution in [-0.4, -0.2) is 51.7 Å². The van der Waals surface area contributed by atoms with Gasteiger partial charge in [0.15, 0.2) is 0 Å². The Bertz CT molecular complexity index is 748. The molecule has 26 heavy (non-hydrogen) atoms. The number of halogens is 1. The van der Waals surface area contributed by atoms with E-state index in [1.807, 2.05) is 40.9 Å². The number of hydrogen-bond acceptors (Lipinski definition) is 4. The summed E-state index contributed by atoms with van der Waals surface area (Å²) in [6.07, 6.45) is 0. The molecule has 2 aromatic rings. The number of piperazine rings is 1. The van der Waals surface area contributed by atoms with Crippen molar-refractivity contribution in [3.05, 3.63) is 52.3 Å². The molecule has 3 rings (SSSR count). The molecule has 6 nitrogen and oxygen atoms in total. The van der Waals surface area contributed by atoms with Crippen molar-refractivity contribution in [3.63, 3.8) is 0 Å². The molecule has 1 saturated heterocycles. The molecular weight excluding hydrogens is 350 g/mol. The van der Waals surface area contributed by atoms with E-state index in [1.165, 1.54) is 11.3 Å². The Hall–Kier alpha value is -1.89. The van der Waals surface area contributed by atoms with E-state index in [-0.39, 0.29) is 18.3 Å². The van der Waals surface area contributed by atoms with Crippen LogP contribution in [0.2, 0.25) is 0 Å². The number of aromatic nitrogens is 2. The number of rotatable bonds is 4. The lowest BCUT2D eigenvalue weighted by Crippen LogP contribution is -2.48. The van der Waals surface area contributed by atoms with Crippen molar-refractivity contribution >= 4 is 18.3 Å². The van der Waals surface area contributed by atoms with Crippen LogP contribution in [0.5, 0.6) is 0 Å². The van der Waals surface area contributed by atoms with Gasteiger partial charge < -0.3 is 10.6 Å². The lowest BCUT2D eigenvalue weighted by Gasteiger charge is -2.34. The molecule has 2 N–H and O–H groups in total. The maximum atomic E-state index is 12.6. The van der Waals surface area contributed by atoms with Crippen molar-refractivity contribution in [2.45, 2.75) is 26.9 Å². The van der Waals surface area contributed by atoms with Crippen LogP contribution >= 0.6 is 12.4 Å². The summed E-state index contributed by atoms with van der Waals surface area (Å²) in [5.74, 6) is 0.108. The molecule has 1 amide bonds. The van der Waals surface area contributed by atoms with E-state index < -0.39 is 0 Å². The Balaban J connectivity index is 0.00000243. The molecule has 0 atom stereocenters. The molecule has 7 heteroatoms. The fraction of sp³-hybridized carbons (Fsp3) is 0.474. The molecule has 0 saturated carbocycles. The quantitative estimate of drug-likeness (QED) is 0.883. The largest absolute Gasteiger partial charge is 0.336 e. The highest BCUT2D eigenvalue weighted by Gasteiger charge is 2.23. The monoisotopic (exact) mass is 377 g/mol. The molecule has 1 aromatic carbocycles. The topological polar surface area (TPSA) is 67.4 Å². The maximum absolute atomic E-state index is 12.6. The number of carbonyl (C=O) groups is 1. The van der Waals surface area contributed by atoms with Crippen LogP contribution in [0.15, 0.2) is 24.3 Å². The third kappa shape index (κ3) is 4.26. The van der Waals surface area contributed by atoms with Gasteiger partial charge >= 0.3 is 0 Å². The second-order valence-electron chi connectivity index (χ2n) is 6.74. The van der Waals surface area contributed by atoms with Crippen molar-refractivity contribution in [1.82, 2.24) is 19.6 Å². The van der Waals surface area contributed by atoms with E-state index in [0.717, 1.165) is 49.5 Å². The highest BCUT2D eigenvalue weighted by molar-refractivity contribution is 5.94. The average molecular weight is 378 g/mol. The summed E-state index contributed by atoms with van der Waals surface area (Å²) in [6.45, 7) is 8.87. The van der Waals surface area contributed by atoms with Gasteiger partial charge in [0.25, 0.3) is 5.91 Å². The molecular formula is C19H28ClN5O. The number of nitrogens with two attached hydrogens (primary N) is 1. The van der Waals surface area contributed by atoms with E-state index in [1.54, 1.807) is 0 Å². The van der Waals surface area contributed by atoms with Crippen molar-refractivity contribution < 1.29 is 4.79 Å². The minimum Gasteiger partial charge on any atom is -0.336 e. The van der Waals surface area contributed by atoms with Crippen molar-refractivity contribution in [1.29, 1.82) is 0 Å². The molecule has 2 heterocycles. The molecule has 1 aliphatic heterocycles. The number of benzene rings is 1. The van der Waals surface area contributed by atoms with Gasteiger partial charge in [-0.05, 0) is 31.5 Å². The SMILES string of the molecule is Cc1nn(C)c(C)c1CN1CCN(C(=O)c2ccc(CN)cc2)CC1.Cl. The molecule has 142 valence electrons. The van der Waals surface area contributed by atoms with Gasteiger partial charge in [0.1, 0.15) is 0 Å². The van der Waals surface area contributed by atoms with Crippen molar-refractivity contribution in [2.75, 3.05) is 26.2 Å². The predicted octanol–water partition coefficient (Wildman–Crippen LogP) is 1.88. The van der Waals surface area contributed by atoms with Crippen LogP contribution in [0, 0.1) is 13.8 Å². The van der Waals surface area contributed by atoms with Gasteiger partial charge in [-0.3, -0.25) is 14.4 Å². The van der Waals surface area contributed by atoms with Crippen molar-refractivity contribution in [3.8, 4) is 0 Å². The van der Waals surface area contributed by atoms with Gasteiger partial charge in [-0.2, -0.15) is 5.10 Å². The van der Waals surface area contributed by atoms with Gasteiger partial charge in [0.05, 0.1) is 5.69 Å². The summed E-state index contributed by atoms with van der Waals surface area (Å²) in [6, 6.07) is 7.60. The van der Waals surface area contributed by atoms with Gasteiger partial charge in [-0.1, -0.05) is 12.1 Å². The summed E-state index contributed by atoms with van der Waals surface area (Å²) in [7, 11) is 1.98. The van der Waals surface area contributed by atoms with E-state index >= 15 is 0 Å². The summed E-state index contributed by atoms with van der Waals surface area (Å²) >= 11 is 0. The molecule has 1 aromatic heterocycles. The van der Waals surface area contributed by atoms with Crippen LogP contribution in [-0.2, 0) is 20.1 Å². The number of carbonyl (C=O) groups excluding carboxylic acids is 1. The van der Waals surface area contributed by atoms with E-state index in [2.05, 4.69) is 23.8 Å². The van der Waals surface area contributed by atoms with Gasteiger partial charge in [-0.25, -0.2) is 0 Å². The first kappa shape index (κ1) is 20.4. The lowest BCUT2D eigenvalue weighted by molar-refractivity contribution is 0.0628. The first-order valence-electron chi connectivity index (χ1n) is 8.79. The van der Waals surface area contributed by atoms with Crippen LogP contribution in [0.3, 0.4) is 0 Å². The zero-order valence-corrected chi connectivity index (χ0v) is 16.6. The van der Waals surface area contributed by atoms with Gasteiger partial charge in [0.2, 0.25) is 0 Å². The Labute approximate surface area is 161 Å². The second kappa shape index (κ2) is 8.66. The Morgan fingerprint density at radius 1 is 1.12 bits per heavy atom. The maximum Gasteiger partial charge on any atom is 0.253 e. The van der Waals surface area contributed by atoms with Gasteiger partial charge in [-0.15, -0.1) is 12.4 Å². The minimum atomic E-state index is 0. The standard InChI is InChI=1S/C19H27N5O.ClH/c1-14-18(15(2)22(3)21-14)13-23-8-10-24(11-9-23)19(25)17-6-4-16(12-20)5-7-17;/h4-7H,8-13,20H2,1-3H3;1H. The third-order valence-corrected chi connectivity index (χ3v) is 5.14. The van der Waals surface area contributed by atoms with Crippen LogP contribution < -0.4 is 5.73 Å². The third-order valence-electron chi connectivity index (χ3n) is 5.14. The molecule has 0 spiro atoms. The molecule has 0 bridgehead atoms.